The molecule has 0 spiro atoms. The van der Waals surface area contributed by atoms with Gasteiger partial charge in [0.25, 0.3) is 0 Å². The molecule has 1 aliphatic heterocycles. The van der Waals surface area contributed by atoms with Crippen LogP contribution in [0.15, 0.2) is 29.8 Å². The van der Waals surface area contributed by atoms with E-state index in [9.17, 15) is 14.3 Å². The van der Waals surface area contributed by atoms with Gasteiger partial charge in [0.2, 0.25) is 0 Å². The molecule has 1 aromatic rings. The van der Waals surface area contributed by atoms with Crippen molar-refractivity contribution < 1.29 is 14.3 Å². The molecule has 4 heteroatoms. The van der Waals surface area contributed by atoms with Gasteiger partial charge in [-0.3, -0.25) is 0 Å². The monoisotopic (exact) mass is 235 g/mol. The van der Waals surface area contributed by atoms with Gasteiger partial charge in [-0.2, -0.15) is 0 Å². The van der Waals surface area contributed by atoms with E-state index in [0.717, 1.165) is 17.7 Å². The molecule has 1 heterocycles. The number of rotatable bonds is 2. The van der Waals surface area contributed by atoms with Crippen molar-refractivity contribution in [2.45, 2.75) is 6.42 Å². The molecule has 0 aliphatic carbocycles. The number of carboxylic acid groups (broad SMARTS) is 1. The highest BCUT2D eigenvalue weighted by molar-refractivity contribution is 5.97. The van der Waals surface area contributed by atoms with E-state index < -0.39 is 5.97 Å². The smallest absolute Gasteiger partial charge is 0.333 e. The molecule has 2 rings (SSSR count). The predicted molar refractivity (Wildman–Crippen MR) is 63.1 cm³/mol. The Bertz CT molecular complexity index is 465. The second kappa shape index (κ2) is 4.67. The molecule has 0 bridgehead atoms. The molecule has 0 saturated heterocycles. The summed E-state index contributed by atoms with van der Waals surface area (Å²) in [6.07, 6.45) is 0.684. The number of carboxylic acids is 1. The SMILES string of the molecule is CN1CCC(c2ccc(F)cc2)=C(C(=O)O)C1. The Kier molecular flexibility index (Phi) is 3.24. The molecule has 0 fully saturated rings. The van der Waals surface area contributed by atoms with Crippen LogP contribution in [0.5, 0.6) is 0 Å². The summed E-state index contributed by atoms with van der Waals surface area (Å²) >= 11 is 0. The normalized spacial score (nSPS) is 17.3. The minimum atomic E-state index is -0.893. The van der Waals surface area contributed by atoms with E-state index in [2.05, 4.69) is 0 Å². The lowest BCUT2D eigenvalue weighted by Gasteiger charge is -2.26. The summed E-state index contributed by atoms with van der Waals surface area (Å²) < 4.78 is 12.8. The summed E-state index contributed by atoms with van der Waals surface area (Å²) in [7, 11) is 1.89. The topological polar surface area (TPSA) is 40.5 Å². The van der Waals surface area contributed by atoms with E-state index >= 15 is 0 Å². The minimum Gasteiger partial charge on any atom is -0.478 e. The fourth-order valence-electron chi connectivity index (χ4n) is 2.06. The van der Waals surface area contributed by atoms with Gasteiger partial charge in [-0.1, -0.05) is 12.1 Å². The molecule has 90 valence electrons. The van der Waals surface area contributed by atoms with Gasteiger partial charge in [0.05, 0.1) is 5.57 Å². The molecule has 0 unspecified atom stereocenters. The summed E-state index contributed by atoms with van der Waals surface area (Å²) in [6, 6.07) is 6.00. The van der Waals surface area contributed by atoms with E-state index in [-0.39, 0.29) is 5.82 Å². The van der Waals surface area contributed by atoms with E-state index in [1.165, 1.54) is 12.1 Å². The van der Waals surface area contributed by atoms with Crippen LogP contribution in [0.1, 0.15) is 12.0 Å². The van der Waals surface area contributed by atoms with Crippen molar-refractivity contribution in [3.8, 4) is 0 Å². The molecule has 1 N–H and O–H groups in total. The summed E-state index contributed by atoms with van der Waals surface area (Å²) in [6.45, 7) is 1.26. The maximum Gasteiger partial charge on any atom is 0.333 e. The minimum absolute atomic E-state index is 0.306. The van der Waals surface area contributed by atoms with Gasteiger partial charge in [0.15, 0.2) is 0 Å². The fraction of sp³-hybridized carbons (Fsp3) is 0.308. The van der Waals surface area contributed by atoms with Gasteiger partial charge < -0.3 is 10.0 Å². The van der Waals surface area contributed by atoms with Gasteiger partial charge in [-0.15, -0.1) is 0 Å². The molecule has 0 amide bonds. The average Bonchev–Trinajstić information content (AvgIpc) is 2.30. The first kappa shape index (κ1) is 11.8. The van der Waals surface area contributed by atoms with Crippen molar-refractivity contribution in [2.24, 2.45) is 0 Å². The number of hydrogen-bond donors (Lipinski definition) is 1. The zero-order chi connectivity index (χ0) is 12.4. The quantitative estimate of drug-likeness (QED) is 0.852. The lowest BCUT2D eigenvalue weighted by Crippen LogP contribution is -2.30. The molecule has 1 aromatic carbocycles. The number of carbonyl (C=O) groups is 1. The summed E-state index contributed by atoms with van der Waals surface area (Å²) in [5.41, 5.74) is 2.03. The van der Waals surface area contributed by atoms with Crippen molar-refractivity contribution in [1.29, 1.82) is 0 Å². The zero-order valence-electron chi connectivity index (χ0n) is 9.61. The number of nitrogens with zero attached hydrogens (tertiary/aromatic N) is 1. The van der Waals surface area contributed by atoms with Crippen LogP contribution in [0, 0.1) is 5.82 Å². The van der Waals surface area contributed by atoms with E-state index in [4.69, 9.17) is 0 Å². The Morgan fingerprint density at radius 1 is 1.35 bits per heavy atom. The van der Waals surface area contributed by atoms with Crippen LogP contribution < -0.4 is 0 Å². The Balaban J connectivity index is 2.43. The molecule has 0 aromatic heterocycles. The van der Waals surface area contributed by atoms with Crippen molar-refractivity contribution in [1.82, 2.24) is 4.90 Å². The van der Waals surface area contributed by atoms with Crippen LogP contribution in [0.3, 0.4) is 0 Å². The van der Waals surface area contributed by atoms with Crippen LogP contribution in [0.4, 0.5) is 4.39 Å². The summed E-state index contributed by atoms with van der Waals surface area (Å²) in [4.78, 5) is 13.2. The van der Waals surface area contributed by atoms with Gasteiger partial charge >= 0.3 is 5.97 Å². The number of aliphatic carboxylic acids is 1. The van der Waals surface area contributed by atoms with Gasteiger partial charge in [-0.05, 0) is 36.7 Å². The second-order valence-electron chi connectivity index (χ2n) is 4.26. The Hall–Kier alpha value is -1.68. The van der Waals surface area contributed by atoms with Gasteiger partial charge in [0.1, 0.15) is 5.82 Å². The number of hydrogen-bond acceptors (Lipinski definition) is 2. The standard InChI is InChI=1S/C13H14FNO2/c1-15-7-6-11(12(8-15)13(16)17)9-2-4-10(14)5-3-9/h2-5H,6-8H2,1H3,(H,16,17). The third kappa shape index (κ3) is 2.53. The van der Waals surface area contributed by atoms with Crippen LogP contribution in [0.2, 0.25) is 0 Å². The maximum absolute atomic E-state index is 12.8. The lowest BCUT2D eigenvalue weighted by molar-refractivity contribution is -0.132. The first-order valence-corrected chi connectivity index (χ1v) is 5.47. The molecule has 0 atom stereocenters. The van der Waals surface area contributed by atoms with Crippen LogP contribution in [0.25, 0.3) is 5.57 Å². The van der Waals surface area contributed by atoms with Crippen LogP contribution >= 0.6 is 0 Å². The Morgan fingerprint density at radius 2 is 2.00 bits per heavy atom. The first-order valence-electron chi connectivity index (χ1n) is 5.47. The second-order valence-corrected chi connectivity index (χ2v) is 4.26. The van der Waals surface area contributed by atoms with Crippen molar-refractivity contribution in [3.05, 3.63) is 41.2 Å². The van der Waals surface area contributed by atoms with Gasteiger partial charge in [0, 0.05) is 13.1 Å². The maximum atomic E-state index is 12.8. The highest BCUT2D eigenvalue weighted by Crippen LogP contribution is 2.27. The fourth-order valence-corrected chi connectivity index (χ4v) is 2.06. The lowest BCUT2D eigenvalue weighted by atomic mass is 9.93. The molecular formula is C13H14FNO2. The molecule has 1 aliphatic rings. The third-order valence-corrected chi connectivity index (χ3v) is 2.99. The average molecular weight is 235 g/mol. The highest BCUT2D eigenvalue weighted by atomic mass is 19.1. The van der Waals surface area contributed by atoms with Crippen LogP contribution in [-0.2, 0) is 4.79 Å². The first-order chi connectivity index (χ1) is 8.08. The number of likely N-dealkylation sites (N-methyl/N-ethyl adjacent to an activating group) is 1. The summed E-state index contributed by atoms with van der Waals surface area (Å²) in [5.74, 6) is -1.20. The van der Waals surface area contributed by atoms with Gasteiger partial charge in [-0.25, -0.2) is 9.18 Å². The molecule has 0 radical (unpaired) electrons. The zero-order valence-corrected chi connectivity index (χ0v) is 9.61. The third-order valence-electron chi connectivity index (χ3n) is 2.99. The molecule has 17 heavy (non-hydrogen) atoms. The van der Waals surface area contributed by atoms with Crippen molar-refractivity contribution in [2.75, 3.05) is 20.1 Å². The summed E-state index contributed by atoms with van der Waals surface area (Å²) in [5, 5.41) is 9.18. The van der Waals surface area contributed by atoms with Crippen molar-refractivity contribution >= 4 is 11.5 Å². The molecule has 3 nitrogen and oxygen atoms in total. The predicted octanol–water partition coefficient (Wildman–Crippen LogP) is 2.00. The molecular weight excluding hydrogens is 221 g/mol. The van der Waals surface area contributed by atoms with Crippen LogP contribution in [-0.4, -0.2) is 36.1 Å². The van der Waals surface area contributed by atoms with Crippen molar-refractivity contribution in [3.63, 3.8) is 0 Å². The van der Waals surface area contributed by atoms with E-state index in [1.807, 2.05) is 11.9 Å². The Labute approximate surface area is 99.2 Å². The molecule has 0 saturated carbocycles. The highest BCUT2D eigenvalue weighted by Gasteiger charge is 2.22. The van der Waals surface area contributed by atoms with E-state index in [0.29, 0.717) is 18.5 Å². The van der Waals surface area contributed by atoms with E-state index in [1.54, 1.807) is 12.1 Å². The Morgan fingerprint density at radius 3 is 2.59 bits per heavy atom. The largest absolute Gasteiger partial charge is 0.478 e. The number of benzene rings is 1. The number of halogens is 1.